The molecule has 0 radical (unpaired) electrons. The number of hydrogen-bond acceptors (Lipinski definition) is 4. The Morgan fingerprint density at radius 3 is 2.27 bits per heavy atom. The van der Waals surface area contributed by atoms with E-state index in [1.807, 2.05) is 19.9 Å². The number of carbonyl (C=O) groups is 1. The smallest absolute Gasteiger partial charge is 0.244 e. The second-order valence-corrected chi connectivity index (χ2v) is 9.18. The number of rotatable bonds is 4. The first-order valence-corrected chi connectivity index (χ1v) is 10.6. The summed E-state index contributed by atoms with van der Waals surface area (Å²) in [7, 11) is -3.53. The molecule has 140 valence electrons. The molecule has 0 atom stereocenters. The Morgan fingerprint density at radius 1 is 1.12 bits per heavy atom. The number of piperazine rings is 1. The fourth-order valence-corrected chi connectivity index (χ4v) is 4.68. The largest absolute Gasteiger partial charge is 0.338 e. The van der Waals surface area contributed by atoms with Gasteiger partial charge in [0.2, 0.25) is 15.9 Å². The van der Waals surface area contributed by atoms with E-state index in [1.165, 1.54) is 4.31 Å². The standard InChI is InChI=1S/C17H21BrN4O3S/c1-13-11-14(2)22(19-13)12-17(23)20-7-9-21(10-8-20)26(24,25)16-5-3-15(18)4-6-16/h3-6,11H,7-10,12H2,1-2H3. The van der Waals surface area contributed by atoms with Crippen LogP contribution in [0.5, 0.6) is 0 Å². The van der Waals surface area contributed by atoms with E-state index >= 15 is 0 Å². The lowest BCUT2D eigenvalue weighted by Gasteiger charge is -2.34. The van der Waals surface area contributed by atoms with Crippen molar-refractivity contribution in [2.75, 3.05) is 26.2 Å². The summed E-state index contributed by atoms with van der Waals surface area (Å²) in [5.74, 6) is -0.0445. The molecule has 7 nitrogen and oxygen atoms in total. The molecule has 26 heavy (non-hydrogen) atoms. The van der Waals surface area contributed by atoms with Gasteiger partial charge in [0.05, 0.1) is 10.6 Å². The summed E-state index contributed by atoms with van der Waals surface area (Å²) in [5.41, 5.74) is 1.81. The molecule has 0 spiro atoms. The monoisotopic (exact) mass is 440 g/mol. The van der Waals surface area contributed by atoms with Crippen LogP contribution in [0, 0.1) is 13.8 Å². The third-order valence-corrected chi connectivity index (χ3v) is 6.87. The Hall–Kier alpha value is -1.71. The molecule has 1 fully saturated rings. The van der Waals surface area contributed by atoms with Gasteiger partial charge in [-0.3, -0.25) is 9.48 Å². The van der Waals surface area contributed by atoms with Crippen LogP contribution in [0.2, 0.25) is 0 Å². The predicted molar refractivity (Wildman–Crippen MR) is 101 cm³/mol. The number of sulfonamides is 1. The highest BCUT2D eigenvalue weighted by atomic mass is 79.9. The number of aryl methyl sites for hydroxylation is 2. The van der Waals surface area contributed by atoms with Crippen LogP contribution in [0.25, 0.3) is 0 Å². The molecular weight excluding hydrogens is 420 g/mol. The van der Waals surface area contributed by atoms with Gasteiger partial charge >= 0.3 is 0 Å². The Kier molecular flexibility index (Phi) is 5.50. The predicted octanol–water partition coefficient (Wildman–Crippen LogP) is 1.80. The molecule has 0 bridgehead atoms. The molecule has 0 N–H and O–H groups in total. The molecule has 1 aromatic carbocycles. The van der Waals surface area contributed by atoms with E-state index in [-0.39, 0.29) is 17.3 Å². The molecule has 9 heteroatoms. The normalized spacial score (nSPS) is 16.0. The van der Waals surface area contributed by atoms with E-state index in [4.69, 9.17) is 0 Å². The quantitative estimate of drug-likeness (QED) is 0.725. The molecule has 0 saturated carbocycles. The molecule has 2 heterocycles. The lowest BCUT2D eigenvalue weighted by molar-refractivity contribution is -0.133. The summed E-state index contributed by atoms with van der Waals surface area (Å²) in [5, 5.41) is 4.31. The van der Waals surface area contributed by atoms with Crippen molar-refractivity contribution in [2.45, 2.75) is 25.3 Å². The van der Waals surface area contributed by atoms with E-state index in [0.717, 1.165) is 15.9 Å². The minimum absolute atomic E-state index is 0.0445. The van der Waals surface area contributed by atoms with Gasteiger partial charge in [0.25, 0.3) is 0 Å². The zero-order chi connectivity index (χ0) is 18.9. The van der Waals surface area contributed by atoms with Crippen molar-refractivity contribution in [1.82, 2.24) is 19.0 Å². The van der Waals surface area contributed by atoms with Crippen LogP contribution in [0.4, 0.5) is 0 Å². The van der Waals surface area contributed by atoms with Gasteiger partial charge in [0.15, 0.2) is 0 Å². The SMILES string of the molecule is Cc1cc(C)n(CC(=O)N2CCN(S(=O)(=O)c3ccc(Br)cc3)CC2)n1. The molecular formula is C17H21BrN4O3S. The molecule has 1 amide bonds. The van der Waals surface area contributed by atoms with Crippen LogP contribution in [-0.2, 0) is 21.4 Å². The van der Waals surface area contributed by atoms with Crippen LogP contribution in [0.15, 0.2) is 39.7 Å². The van der Waals surface area contributed by atoms with Crippen LogP contribution >= 0.6 is 15.9 Å². The maximum absolute atomic E-state index is 12.7. The number of carbonyl (C=O) groups excluding carboxylic acids is 1. The van der Waals surface area contributed by atoms with Crippen molar-refractivity contribution in [1.29, 1.82) is 0 Å². The summed E-state index contributed by atoms with van der Waals surface area (Å²) >= 11 is 3.31. The number of benzene rings is 1. The fraction of sp³-hybridized carbons (Fsp3) is 0.412. The summed E-state index contributed by atoms with van der Waals surface area (Å²) < 4.78 is 29.4. The van der Waals surface area contributed by atoms with Crippen molar-refractivity contribution < 1.29 is 13.2 Å². The third kappa shape index (κ3) is 3.99. The molecule has 1 aliphatic rings. The van der Waals surface area contributed by atoms with E-state index in [0.29, 0.717) is 26.2 Å². The van der Waals surface area contributed by atoms with Gasteiger partial charge in [-0.25, -0.2) is 8.42 Å². The third-order valence-electron chi connectivity index (χ3n) is 4.43. The van der Waals surface area contributed by atoms with E-state index in [9.17, 15) is 13.2 Å². The highest BCUT2D eigenvalue weighted by Gasteiger charge is 2.30. The van der Waals surface area contributed by atoms with Gasteiger partial charge in [-0.15, -0.1) is 0 Å². The van der Waals surface area contributed by atoms with E-state index < -0.39 is 10.0 Å². The first-order chi connectivity index (χ1) is 12.3. The van der Waals surface area contributed by atoms with Gasteiger partial charge < -0.3 is 4.90 Å². The molecule has 0 aliphatic carbocycles. The highest BCUT2D eigenvalue weighted by Crippen LogP contribution is 2.20. The van der Waals surface area contributed by atoms with Gasteiger partial charge in [0, 0.05) is 36.3 Å². The van der Waals surface area contributed by atoms with E-state index in [2.05, 4.69) is 21.0 Å². The summed E-state index contributed by atoms with van der Waals surface area (Å²) in [4.78, 5) is 14.4. The summed E-state index contributed by atoms with van der Waals surface area (Å²) in [6.45, 7) is 5.33. The number of amides is 1. The lowest BCUT2D eigenvalue weighted by Crippen LogP contribution is -2.51. The van der Waals surface area contributed by atoms with Crippen LogP contribution in [0.3, 0.4) is 0 Å². The number of aromatic nitrogens is 2. The first kappa shape index (κ1) is 19.1. The van der Waals surface area contributed by atoms with Crippen molar-refractivity contribution in [3.05, 3.63) is 46.2 Å². The van der Waals surface area contributed by atoms with Crippen molar-refractivity contribution in [2.24, 2.45) is 0 Å². The van der Waals surface area contributed by atoms with Gasteiger partial charge in [-0.2, -0.15) is 9.40 Å². The minimum Gasteiger partial charge on any atom is -0.338 e. The summed E-state index contributed by atoms with van der Waals surface area (Å²) in [6.07, 6.45) is 0. The highest BCUT2D eigenvalue weighted by molar-refractivity contribution is 9.10. The number of hydrogen-bond donors (Lipinski definition) is 0. The average Bonchev–Trinajstić information content (AvgIpc) is 2.92. The molecule has 3 rings (SSSR count). The topological polar surface area (TPSA) is 75.5 Å². The maximum atomic E-state index is 12.7. The zero-order valence-corrected chi connectivity index (χ0v) is 17.1. The number of halogens is 1. The second-order valence-electron chi connectivity index (χ2n) is 6.32. The van der Waals surface area contributed by atoms with Gasteiger partial charge in [-0.1, -0.05) is 15.9 Å². The Morgan fingerprint density at radius 2 is 1.73 bits per heavy atom. The Labute approximate surface area is 161 Å². The average molecular weight is 441 g/mol. The minimum atomic E-state index is -3.53. The van der Waals surface area contributed by atoms with Gasteiger partial charge in [0.1, 0.15) is 6.54 Å². The molecule has 2 aromatic rings. The fourth-order valence-electron chi connectivity index (χ4n) is 3.00. The maximum Gasteiger partial charge on any atom is 0.244 e. The van der Waals surface area contributed by atoms with Crippen molar-refractivity contribution in [3.8, 4) is 0 Å². The molecule has 0 unspecified atom stereocenters. The molecule has 1 saturated heterocycles. The van der Waals surface area contributed by atoms with Gasteiger partial charge in [-0.05, 0) is 44.2 Å². The Bertz CT molecular complexity index is 901. The van der Waals surface area contributed by atoms with Crippen molar-refractivity contribution >= 4 is 31.9 Å². The van der Waals surface area contributed by atoms with Crippen molar-refractivity contribution in [3.63, 3.8) is 0 Å². The van der Waals surface area contributed by atoms with E-state index in [1.54, 1.807) is 33.8 Å². The lowest BCUT2D eigenvalue weighted by atomic mass is 10.3. The second kappa shape index (κ2) is 7.50. The zero-order valence-electron chi connectivity index (χ0n) is 14.7. The number of nitrogens with zero attached hydrogens (tertiary/aromatic N) is 4. The van der Waals surface area contributed by atoms with Crippen LogP contribution in [0.1, 0.15) is 11.4 Å². The molecule has 1 aromatic heterocycles. The molecule has 1 aliphatic heterocycles. The van der Waals surface area contributed by atoms with Crippen LogP contribution in [-0.4, -0.2) is 59.5 Å². The van der Waals surface area contributed by atoms with Crippen LogP contribution < -0.4 is 0 Å². The Balaban J connectivity index is 1.62. The first-order valence-electron chi connectivity index (χ1n) is 8.32. The summed E-state index contributed by atoms with van der Waals surface area (Å²) in [6, 6.07) is 8.51.